The molecule has 1 amide bonds. The van der Waals surface area contributed by atoms with Crippen molar-refractivity contribution >= 4 is 11.7 Å². The van der Waals surface area contributed by atoms with Gasteiger partial charge in [0.05, 0.1) is 7.11 Å². The molecule has 7 nitrogen and oxygen atoms in total. The molecule has 7 heteroatoms. The normalized spacial score (nSPS) is 10.2. The van der Waals surface area contributed by atoms with Crippen LogP contribution >= 0.6 is 0 Å². The topological polar surface area (TPSA) is 86.5 Å². The van der Waals surface area contributed by atoms with Crippen LogP contribution in [0.25, 0.3) is 11.3 Å². The van der Waals surface area contributed by atoms with Gasteiger partial charge >= 0.3 is 0 Å². The maximum absolute atomic E-state index is 12.1. The van der Waals surface area contributed by atoms with Crippen LogP contribution in [0.15, 0.2) is 59.2 Å². The highest BCUT2D eigenvalue weighted by Crippen LogP contribution is 2.26. The minimum Gasteiger partial charge on any atom is -0.493 e. The third kappa shape index (κ3) is 3.52. The summed E-state index contributed by atoms with van der Waals surface area (Å²) < 4.78 is 15.4. The van der Waals surface area contributed by atoms with Gasteiger partial charge < -0.3 is 14.8 Å². The molecule has 1 aromatic heterocycles. The number of amides is 1. The van der Waals surface area contributed by atoms with E-state index in [0.29, 0.717) is 17.2 Å². The highest BCUT2D eigenvalue weighted by atomic mass is 16.6. The number of benzene rings is 2. The third-order valence-corrected chi connectivity index (χ3v) is 3.22. The fraction of sp³-hybridized carbons (Fsp3) is 0.118. The van der Waals surface area contributed by atoms with Crippen LogP contribution in [0.2, 0.25) is 0 Å². The zero-order valence-electron chi connectivity index (χ0n) is 12.9. The van der Waals surface area contributed by atoms with Crippen molar-refractivity contribution in [3.05, 3.63) is 54.6 Å². The first-order chi connectivity index (χ1) is 11.8. The zero-order chi connectivity index (χ0) is 16.8. The van der Waals surface area contributed by atoms with Gasteiger partial charge in [-0.15, -0.1) is 0 Å². The Morgan fingerprint density at radius 1 is 1.04 bits per heavy atom. The molecule has 3 rings (SSSR count). The van der Waals surface area contributed by atoms with E-state index in [4.69, 9.17) is 14.1 Å². The van der Waals surface area contributed by atoms with Gasteiger partial charge in [0.2, 0.25) is 5.82 Å². The van der Waals surface area contributed by atoms with Crippen LogP contribution in [0.3, 0.4) is 0 Å². The second-order valence-corrected chi connectivity index (χ2v) is 4.82. The highest BCUT2D eigenvalue weighted by Gasteiger charge is 2.15. The fourth-order valence-electron chi connectivity index (χ4n) is 2.11. The summed E-state index contributed by atoms with van der Waals surface area (Å²) in [6.45, 7) is -0.193. The summed E-state index contributed by atoms with van der Waals surface area (Å²) in [5.74, 6) is 0.902. The molecule has 0 saturated carbocycles. The fourth-order valence-corrected chi connectivity index (χ4v) is 2.11. The van der Waals surface area contributed by atoms with E-state index in [2.05, 4.69) is 15.6 Å². The summed E-state index contributed by atoms with van der Waals surface area (Å²) in [7, 11) is 1.54. The zero-order valence-corrected chi connectivity index (χ0v) is 12.9. The quantitative estimate of drug-likeness (QED) is 0.750. The molecule has 0 radical (unpaired) electrons. The van der Waals surface area contributed by atoms with Crippen LogP contribution in [-0.2, 0) is 4.79 Å². The predicted octanol–water partition coefficient (Wildman–Crippen LogP) is 2.76. The number of anilines is 1. The van der Waals surface area contributed by atoms with Crippen LogP contribution in [0.5, 0.6) is 11.5 Å². The Hall–Kier alpha value is -3.35. The average Bonchev–Trinajstić information content (AvgIpc) is 3.09. The number of carbonyl (C=O) groups is 1. The van der Waals surface area contributed by atoms with E-state index >= 15 is 0 Å². The van der Waals surface area contributed by atoms with Gasteiger partial charge in [0, 0.05) is 5.56 Å². The van der Waals surface area contributed by atoms with Crippen molar-refractivity contribution in [2.24, 2.45) is 0 Å². The summed E-state index contributed by atoms with van der Waals surface area (Å²) in [6.07, 6.45) is 0. The number of hydrogen-bond acceptors (Lipinski definition) is 6. The first-order valence-corrected chi connectivity index (χ1v) is 7.21. The Morgan fingerprint density at radius 2 is 1.75 bits per heavy atom. The molecule has 24 heavy (non-hydrogen) atoms. The molecule has 0 atom stereocenters. The SMILES string of the molecule is COc1ccccc1OCC(=O)Nc1nonc1-c1ccccc1. The summed E-state index contributed by atoms with van der Waals surface area (Å²) in [5.41, 5.74) is 1.25. The van der Waals surface area contributed by atoms with E-state index in [1.807, 2.05) is 36.4 Å². The number of para-hydroxylation sites is 2. The molecular formula is C17H15N3O4. The largest absolute Gasteiger partial charge is 0.493 e. The molecule has 0 spiro atoms. The van der Waals surface area contributed by atoms with Gasteiger partial charge in [-0.2, -0.15) is 0 Å². The van der Waals surface area contributed by atoms with Crippen LogP contribution in [0.4, 0.5) is 5.82 Å². The van der Waals surface area contributed by atoms with Crippen molar-refractivity contribution in [1.82, 2.24) is 10.3 Å². The Kier molecular flexibility index (Phi) is 4.71. The Morgan fingerprint density at radius 3 is 2.50 bits per heavy atom. The standard InChI is InChI=1S/C17H15N3O4/c1-22-13-9-5-6-10-14(13)23-11-15(21)18-17-16(19-24-20-17)12-7-3-2-4-8-12/h2-10H,11H2,1H3,(H,18,20,21). The highest BCUT2D eigenvalue weighted by molar-refractivity contribution is 5.94. The minimum atomic E-state index is -0.381. The van der Waals surface area contributed by atoms with Gasteiger partial charge in [-0.3, -0.25) is 4.79 Å². The van der Waals surface area contributed by atoms with Gasteiger partial charge in [0.25, 0.3) is 5.91 Å². The average molecular weight is 325 g/mol. The minimum absolute atomic E-state index is 0.193. The van der Waals surface area contributed by atoms with Crippen molar-refractivity contribution < 1.29 is 18.9 Å². The van der Waals surface area contributed by atoms with E-state index in [0.717, 1.165) is 5.56 Å². The second kappa shape index (κ2) is 7.28. The smallest absolute Gasteiger partial charge is 0.263 e. The molecule has 0 aliphatic carbocycles. The molecule has 0 bridgehead atoms. The maximum atomic E-state index is 12.1. The molecule has 0 aliphatic heterocycles. The van der Waals surface area contributed by atoms with E-state index in [1.165, 1.54) is 7.11 Å². The molecule has 3 aromatic rings. The van der Waals surface area contributed by atoms with Crippen molar-refractivity contribution in [3.8, 4) is 22.8 Å². The first kappa shape index (κ1) is 15.5. The van der Waals surface area contributed by atoms with E-state index in [9.17, 15) is 4.79 Å². The molecule has 0 fully saturated rings. The maximum Gasteiger partial charge on any atom is 0.263 e. The van der Waals surface area contributed by atoms with Gasteiger partial charge in [-0.1, -0.05) is 42.5 Å². The molecule has 0 aliphatic rings. The lowest BCUT2D eigenvalue weighted by Crippen LogP contribution is -2.20. The Balaban J connectivity index is 1.65. The second-order valence-electron chi connectivity index (χ2n) is 4.82. The van der Waals surface area contributed by atoms with E-state index < -0.39 is 0 Å². The number of rotatable bonds is 6. The Labute approximate surface area is 138 Å². The van der Waals surface area contributed by atoms with Crippen molar-refractivity contribution in [2.75, 3.05) is 19.0 Å². The monoisotopic (exact) mass is 325 g/mol. The van der Waals surface area contributed by atoms with Crippen molar-refractivity contribution in [3.63, 3.8) is 0 Å². The number of methoxy groups -OCH3 is 1. The Bertz CT molecular complexity index is 817. The van der Waals surface area contributed by atoms with E-state index in [1.54, 1.807) is 18.2 Å². The van der Waals surface area contributed by atoms with Gasteiger partial charge in [-0.25, -0.2) is 4.63 Å². The molecule has 2 aromatic carbocycles. The van der Waals surface area contributed by atoms with Gasteiger partial charge in [0.15, 0.2) is 23.8 Å². The molecule has 0 unspecified atom stereocenters. The number of carbonyl (C=O) groups excluding carboxylic acids is 1. The lowest BCUT2D eigenvalue weighted by Gasteiger charge is -2.09. The predicted molar refractivity (Wildman–Crippen MR) is 86.9 cm³/mol. The lowest BCUT2D eigenvalue weighted by atomic mass is 10.1. The lowest BCUT2D eigenvalue weighted by molar-refractivity contribution is -0.118. The molecule has 122 valence electrons. The molecule has 1 heterocycles. The van der Waals surface area contributed by atoms with Crippen molar-refractivity contribution in [1.29, 1.82) is 0 Å². The van der Waals surface area contributed by atoms with Gasteiger partial charge in [-0.05, 0) is 22.4 Å². The molecule has 0 saturated heterocycles. The summed E-state index contributed by atoms with van der Waals surface area (Å²) >= 11 is 0. The first-order valence-electron chi connectivity index (χ1n) is 7.21. The number of aromatic nitrogens is 2. The number of nitrogens with zero attached hydrogens (tertiary/aromatic N) is 2. The molecular weight excluding hydrogens is 310 g/mol. The van der Waals surface area contributed by atoms with Crippen LogP contribution in [-0.4, -0.2) is 29.9 Å². The van der Waals surface area contributed by atoms with E-state index in [-0.39, 0.29) is 18.3 Å². The van der Waals surface area contributed by atoms with Crippen LogP contribution in [0.1, 0.15) is 0 Å². The number of nitrogens with one attached hydrogen (secondary N) is 1. The van der Waals surface area contributed by atoms with Crippen LogP contribution < -0.4 is 14.8 Å². The third-order valence-electron chi connectivity index (χ3n) is 3.22. The summed E-state index contributed by atoms with van der Waals surface area (Å²) in [6, 6.07) is 16.4. The van der Waals surface area contributed by atoms with Crippen molar-refractivity contribution in [2.45, 2.75) is 0 Å². The van der Waals surface area contributed by atoms with Crippen LogP contribution in [0, 0.1) is 0 Å². The number of hydrogen-bond donors (Lipinski definition) is 1. The van der Waals surface area contributed by atoms with Gasteiger partial charge in [0.1, 0.15) is 0 Å². The molecule has 1 N–H and O–H groups in total. The summed E-state index contributed by atoms with van der Waals surface area (Å²) in [5, 5.41) is 10.2. The summed E-state index contributed by atoms with van der Waals surface area (Å²) in [4.78, 5) is 12.1. The number of ether oxygens (including phenoxy) is 2.